The number of phenolic OH excluding ortho intramolecular Hbond substituents is 1. The number of aliphatic hydroxyl groups excluding tert-OH is 1. The third-order valence-electron chi connectivity index (χ3n) is 4.06. The van der Waals surface area contributed by atoms with Crippen molar-refractivity contribution in [1.82, 2.24) is 4.98 Å². The normalized spacial score (nSPS) is 11.9. The minimum Gasteiger partial charge on any atom is -0.506 e. The molecule has 0 amide bonds. The Hall–Kier alpha value is -2.51. The average molecular weight is 384 g/mol. The van der Waals surface area contributed by atoms with E-state index in [0.29, 0.717) is 0 Å². The maximum absolute atomic E-state index is 13.1. The summed E-state index contributed by atoms with van der Waals surface area (Å²) < 4.78 is 39.4. The van der Waals surface area contributed by atoms with Crippen molar-refractivity contribution in [3.05, 3.63) is 62.9 Å². The van der Waals surface area contributed by atoms with E-state index in [1.807, 2.05) is 0 Å². The SMILES string of the molecule is O=c1[nH]c2ccc(C(F)(F)F)cc2c(-c2cccc(Cl)c2O)c1CCO. The van der Waals surface area contributed by atoms with Gasteiger partial charge in [0.2, 0.25) is 0 Å². The Morgan fingerprint density at radius 3 is 2.54 bits per heavy atom. The number of benzene rings is 2. The quantitative estimate of drug-likeness (QED) is 0.637. The van der Waals surface area contributed by atoms with E-state index in [-0.39, 0.29) is 51.4 Å². The molecule has 0 aliphatic carbocycles. The fraction of sp³-hybridized carbons (Fsp3) is 0.167. The molecule has 0 aliphatic heterocycles. The maximum atomic E-state index is 13.1. The molecule has 0 saturated heterocycles. The van der Waals surface area contributed by atoms with Gasteiger partial charge in [-0.25, -0.2) is 0 Å². The van der Waals surface area contributed by atoms with Crippen molar-refractivity contribution >= 4 is 22.5 Å². The highest BCUT2D eigenvalue weighted by atomic mass is 35.5. The van der Waals surface area contributed by atoms with Gasteiger partial charge in [-0.2, -0.15) is 13.2 Å². The van der Waals surface area contributed by atoms with Gasteiger partial charge in [-0.15, -0.1) is 0 Å². The predicted molar refractivity (Wildman–Crippen MR) is 92.5 cm³/mol. The van der Waals surface area contributed by atoms with Crippen LogP contribution in [0.3, 0.4) is 0 Å². The van der Waals surface area contributed by atoms with Gasteiger partial charge in [0.1, 0.15) is 5.75 Å². The van der Waals surface area contributed by atoms with Gasteiger partial charge in [-0.1, -0.05) is 23.7 Å². The van der Waals surface area contributed by atoms with Gasteiger partial charge >= 0.3 is 6.18 Å². The van der Waals surface area contributed by atoms with E-state index >= 15 is 0 Å². The number of aromatic nitrogens is 1. The Balaban J connectivity index is 2.48. The van der Waals surface area contributed by atoms with Crippen LogP contribution < -0.4 is 5.56 Å². The summed E-state index contributed by atoms with van der Waals surface area (Å²) in [6.07, 6.45) is -4.67. The highest BCUT2D eigenvalue weighted by molar-refractivity contribution is 6.32. The molecular formula is C18H13ClF3NO3. The minimum absolute atomic E-state index is 0.00199. The summed E-state index contributed by atoms with van der Waals surface area (Å²) in [7, 11) is 0. The predicted octanol–water partition coefficient (Wildman–Crippen LogP) is 4.11. The molecule has 26 heavy (non-hydrogen) atoms. The highest BCUT2D eigenvalue weighted by Gasteiger charge is 2.31. The first-order chi connectivity index (χ1) is 12.2. The summed E-state index contributed by atoms with van der Waals surface area (Å²) in [6, 6.07) is 7.32. The summed E-state index contributed by atoms with van der Waals surface area (Å²) in [5, 5.41) is 19.7. The molecule has 0 atom stereocenters. The number of fused-ring (bicyclic) bond motifs is 1. The molecule has 0 aliphatic rings. The van der Waals surface area contributed by atoms with Crippen LogP contribution in [0.2, 0.25) is 5.02 Å². The number of alkyl halides is 3. The zero-order valence-corrected chi connectivity index (χ0v) is 13.9. The van der Waals surface area contributed by atoms with Crippen molar-refractivity contribution in [3.8, 4) is 16.9 Å². The topological polar surface area (TPSA) is 73.3 Å². The number of pyridine rings is 1. The summed E-state index contributed by atoms with van der Waals surface area (Å²) in [6.45, 7) is -0.387. The van der Waals surface area contributed by atoms with E-state index < -0.39 is 17.3 Å². The van der Waals surface area contributed by atoms with Gasteiger partial charge in [-0.05, 0) is 24.3 Å². The number of aromatic hydroxyl groups is 1. The Morgan fingerprint density at radius 2 is 1.88 bits per heavy atom. The van der Waals surface area contributed by atoms with Crippen LogP contribution in [0, 0.1) is 0 Å². The number of hydrogen-bond acceptors (Lipinski definition) is 3. The van der Waals surface area contributed by atoms with E-state index in [1.165, 1.54) is 18.2 Å². The molecule has 8 heteroatoms. The summed E-state index contributed by atoms with van der Waals surface area (Å²) in [5.74, 6) is -0.349. The second kappa shape index (κ2) is 6.66. The average Bonchev–Trinajstić information content (AvgIpc) is 2.57. The lowest BCUT2D eigenvalue weighted by molar-refractivity contribution is -0.137. The van der Waals surface area contributed by atoms with E-state index in [9.17, 15) is 28.2 Å². The minimum atomic E-state index is -4.57. The van der Waals surface area contributed by atoms with E-state index in [0.717, 1.165) is 18.2 Å². The summed E-state index contributed by atoms with van der Waals surface area (Å²) in [4.78, 5) is 14.9. The molecule has 0 saturated carbocycles. The lowest BCUT2D eigenvalue weighted by Gasteiger charge is -2.16. The van der Waals surface area contributed by atoms with Crippen LogP contribution in [-0.4, -0.2) is 21.8 Å². The number of nitrogens with one attached hydrogen (secondary N) is 1. The van der Waals surface area contributed by atoms with Gasteiger partial charge < -0.3 is 15.2 Å². The number of halogens is 4. The monoisotopic (exact) mass is 383 g/mol. The van der Waals surface area contributed by atoms with Crippen molar-refractivity contribution in [3.63, 3.8) is 0 Å². The number of hydrogen-bond donors (Lipinski definition) is 3. The largest absolute Gasteiger partial charge is 0.506 e. The van der Waals surface area contributed by atoms with Crippen molar-refractivity contribution in [2.75, 3.05) is 6.61 Å². The van der Waals surface area contributed by atoms with Gasteiger partial charge in [0.25, 0.3) is 5.56 Å². The van der Waals surface area contributed by atoms with Crippen LogP contribution >= 0.6 is 11.6 Å². The molecule has 136 valence electrons. The maximum Gasteiger partial charge on any atom is 0.416 e. The standard InChI is InChI=1S/C18H13ClF3NO3/c19-13-3-1-2-10(16(13)25)15-11(6-7-24)17(26)23-14-5-4-9(8-12(14)15)18(20,21)22/h1-5,8,24-25H,6-7H2,(H,23,26). The molecule has 0 bridgehead atoms. The van der Waals surface area contributed by atoms with Gasteiger partial charge in [0.15, 0.2) is 0 Å². The third-order valence-corrected chi connectivity index (χ3v) is 4.36. The second-order valence-electron chi connectivity index (χ2n) is 5.68. The zero-order valence-electron chi connectivity index (χ0n) is 13.2. The van der Waals surface area contributed by atoms with Crippen LogP contribution in [0.4, 0.5) is 13.2 Å². The van der Waals surface area contributed by atoms with Crippen LogP contribution in [0.5, 0.6) is 5.75 Å². The molecule has 2 aromatic carbocycles. The van der Waals surface area contributed by atoms with E-state index in [1.54, 1.807) is 0 Å². The lowest BCUT2D eigenvalue weighted by atomic mass is 9.93. The highest BCUT2D eigenvalue weighted by Crippen LogP contribution is 2.41. The number of para-hydroxylation sites is 1. The van der Waals surface area contributed by atoms with Crippen molar-refractivity contribution in [2.45, 2.75) is 12.6 Å². The molecule has 0 radical (unpaired) electrons. The first kappa shape index (κ1) is 18.3. The van der Waals surface area contributed by atoms with Gasteiger partial charge in [-0.3, -0.25) is 4.79 Å². The first-order valence-corrected chi connectivity index (χ1v) is 7.96. The Bertz CT molecular complexity index is 1040. The van der Waals surface area contributed by atoms with Crippen LogP contribution in [0.1, 0.15) is 11.1 Å². The molecular weight excluding hydrogens is 371 g/mol. The van der Waals surface area contributed by atoms with Crippen molar-refractivity contribution in [2.24, 2.45) is 0 Å². The van der Waals surface area contributed by atoms with Gasteiger partial charge in [0, 0.05) is 40.6 Å². The van der Waals surface area contributed by atoms with Crippen molar-refractivity contribution in [1.29, 1.82) is 0 Å². The molecule has 1 heterocycles. The molecule has 3 rings (SSSR count). The molecule has 1 aromatic heterocycles. The summed E-state index contributed by atoms with van der Waals surface area (Å²) >= 11 is 5.92. The number of phenols is 1. The third kappa shape index (κ3) is 3.15. The summed E-state index contributed by atoms with van der Waals surface area (Å²) in [5.41, 5.74) is -0.966. The molecule has 0 spiro atoms. The number of aromatic amines is 1. The fourth-order valence-electron chi connectivity index (χ4n) is 2.89. The van der Waals surface area contributed by atoms with Crippen LogP contribution in [0.15, 0.2) is 41.2 Å². The van der Waals surface area contributed by atoms with Crippen LogP contribution in [0.25, 0.3) is 22.0 Å². The van der Waals surface area contributed by atoms with Gasteiger partial charge in [0.05, 0.1) is 10.6 Å². The molecule has 3 aromatic rings. The molecule has 3 N–H and O–H groups in total. The van der Waals surface area contributed by atoms with E-state index in [4.69, 9.17) is 11.6 Å². The molecule has 4 nitrogen and oxygen atoms in total. The Kier molecular flexibility index (Phi) is 4.68. The van der Waals surface area contributed by atoms with E-state index in [2.05, 4.69) is 4.98 Å². The zero-order chi connectivity index (χ0) is 19.1. The molecule has 0 unspecified atom stereocenters. The second-order valence-corrected chi connectivity index (χ2v) is 6.08. The smallest absolute Gasteiger partial charge is 0.416 e. The number of aliphatic hydroxyl groups is 1. The number of H-pyrrole nitrogens is 1. The number of rotatable bonds is 3. The van der Waals surface area contributed by atoms with Crippen LogP contribution in [-0.2, 0) is 12.6 Å². The first-order valence-electron chi connectivity index (χ1n) is 7.59. The van der Waals surface area contributed by atoms with Crippen molar-refractivity contribution < 1.29 is 23.4 Å². The Morgan fingerprint density at radius 1 is 1.15 bits per heavy atom. The molecule has 0 fully saturated rings. The Labute approximate surface area is 150 Å². The fourth-order valence-corrected chi connectivity index (χ4v) is 3.06. The lowest BCUT2D eigenvalue weighted by Crippen LogP contribution is -2.16.